The molecule has 2 rings (SSSR count). The van der Waals surface area contributed by atoms with E-state index in [1.165, 1.54) is 24.0 Å². The maximum atomic E-state index is 10.9. The second-order valence-corrected chi connectivity index (χ2v) is 4.77. The summed E-state index contributed by atoms with van der Waals surface area (Å²) in [6.07, 6.45) is 5.27. The molecule has 0 radical (unpaired) electrons. The highest BCUT2D eigenvalue weighted by Crippen LogP contribution is 2.24. The van der Waals surface area contributed by atoms with Crippen molar-refractivity contribution in [2.75, 3.05) is 18.6 Å². The zero-order chi connectivity index (χ0) is 13.0. The van der Waals surface area contributed by atoms with E-state index < -0.39 is 4.92 Å². The number of pyridine rings is 1. The van der Waals surface area contributed by atoms with Gasteiger partial charge in [0.1, 0.15) is 18.1 Å². The first-order chi connectivity index (χ1) is 8.74. The predicted octanol–water partition coefficient (Wildman–Crippen LogP) is 1.36. The zero-order valence-electron chi connectivity index (χ0n) is 9.94. The summed E-state index contributed by atoms with van der Waals surface area (Å²) in [6.45, 7) is 1.04. The fourth-order valence-electron chi connectivity index (χ4n) is 1.66. The Morgan fingerprint density at radius 2 is 2.39 bits per heavy atom. The highest BCUT2D eigenvalue weighted by atomic mass is 32.2. The van der Waals surface area contributed by atoms with Crippen LogP contribution in [0.2, 0.25) is 0 Å². The second-order valence-electron chi connectivity index (χ2n) is 3.69. The van der Waals surface area contributed by atoms with Gasteiger partial charge in [-0.05, 0) is 17.8 Å². The Bertz CT molecular complexity index is 555. The van der Waals surface area contributed by atoms with Gasteiger partial charge in [0.25, 0.3) is 5.69 Å². The van der Waals surface area contributed by atoms with E-state index in [0.29, 0.717) is 24.4 Å². The molecule has 2 aromatic heterocycles. The zero-order valence-corrected chi connectivity index (χ0v) is 10.8. The number of rotatable bonds is 6. The summed E-state index contributed by atoms with van der Waals surface area (Å²) in [5.74, 6) is 0.979. The lowest BCUT2D eigenvalue weighted by Gasteiger charge is -2.04. The van der Waals surface area contributed by atoms with E-state index in [9.17, 15) is 10.1 Å². The van der Waals surface area contributed by atoms with Gasteiger partial charge in [0.15, 0.2) is 0 Å². The summed E-state index contributed by atoms with van der Waals surface area (Å²) in [7, 11) is 0. The first kappa shape index (κ1) is 12.8. The fraction of sp³-hybridized carbons (Fsp3) is 0.364. The van der Waals surface area contributed by atoms with Crippen molar-refractivity contribution >= 4 is 28.5 Å². The molecule has 96 valence electrons. The van der Waals surface area contributed by atoms with Gasteiger partial charge in [-0.15, -0.1) is 0 Å². The van der Waals surface area contributed by atoms with E-state index in [2.05, 4.69) is 11.2 Å². The molecule has 0 saturated carbocycles. The van der Waals surface area contributed by atoms with Crippen LogP contribution in [0.25, 0.3) is 11.0 Å². The Hall–Kier alpha value is -1.60. The monoisotopic (exact) mass is 268 g/mol. The van der Waals surface area contributed by atoms with Crippen LogP contribution in [-0.2, 0) is 23.2 Å². The number of hydrogen-bond donors (Lipinski definition) is 0. The molecule has 2 aromatic rings. The van der Waals surface area contributed by atoms with E-state index in [1.807, 2.05) is 0 Å². The van der Waals surface area contributed by atoms with Crippen LogP contribution in [-0.4, -0.2) is 33.1 Å². The molecule has 0 aromatic carbocycles. The highest BCUT2D eigenvalue weighted by molar-refractivity contribution is 7.77. The lowest BCUT2D eigenvalue weighted by Crippen LogP contribution is -2.06. The number of nitro groups is 1. The van der Waals surface area contributed by atoms with Crippen LogP contribution in [0.4, 0.5) is 5.69 Å². The number of nitrogens with zero attached hydrogens (tertiary/aromatic N) is 3. The maximum Gasteiger partial charge on any atom is 0.281 e. The van der Waals surface area contributed by atoms with Crippen molar-refractivity contribution in [3.8, 4) is 0 Å². The standard InChI is InChI=1S/C11H13N3O3S/c1-18-7-6-17-8-13-5-3-9-10(14(15)16)2-4-12-11(9)13/h2-5H,6-8H2,1H3/p+1. The van der Waals surface area contributed by atoms with Crippen LogP contribution in [0, 0.1) is 10.1 Å². The number of hydrogen-bond acceptors (Lipinski definition) is 4. The third kappa shape index (κ3) is 2.62. The Morgan fingerprint density at radius 3 is 3.11 bits per heavy atom. The molecule has 7 heteroatoms. The smallest absolute Gasteiger partial charge is 0.281 e. The molecule has 0 aliphatic carbocycles. The molecule has 0 aliphatic rings. The molecule has 6 nitrogen and oxygen atoms in total. The SMILES string of the molecule is C[SH+]CCOCn1ccc2c([N+](=O)[O-])ccnc21. The van der Waals surface area contributed by atoms with Crippen LogP contribution in [0.1, 0.15) is 0 Å². The first-order valence-electron chi connectivity index (χ1n) is 5.45. The fourth-order valence-corrected chi connectivity index (χ4v) is 1.97. The summed E-state index contributed by atoms with van der Waals surface area (Å²) in [5.41, 5.74) is 0.657. The molecule has 0 N–H and O–H groups in total. The minimum absolute atomic E-state index is 0.0748. The minimum atomic E-state index is -0.398. The Labute approximate surface area is 108 Å². The average Bonchev–Trinajstić information content (AvgIpc) is 2.77. The normalized spacial score (nSPS) is 10.9. The van der Waals surface area contributed by atoms with Gasteiger partial charge >= 0.3 is 0 Å². The van der Waals surface area contributed by atoms with Gasteiger partial charge in [0.2, 0.25) is 0 Å². The first-order valence-corrected chi connectivity index (χ1v) is 6.98. The van der Waals surface area contributed by atoms with Crippen molar-refractivity contribution in [1.82, 2.24) is 9.55 Å². The topological polar surface area (TPSA) is 70.2 Å². The summed E-state index contributed by atoms with van der Waals surface area (Å²) < 4.78 is 7.25. The minimum Gasteiger partial charge on any atom is -0.356 e. The van der Waals surface area contributed by atoms with Crippen molar-refractivity contribution < 1.29 is 9.66 Å². The van der Waals surface area contributed by atoms with E-state index in [-0.39, 0.29) is 5.69 Å². The van der Waals surface area contributed by atoms with Gasteiger partial charge < -0.3 is 9.30 Å². The second kappa shape index (κ2) is 5.83. The summed E-state index contributed by atoms with van der Waals surface area (Å²) in [5, 5.41) is 11.4. The van der Waals surface area contributed by atoms with E-state index in [1.54, 1.807) is 16.8 Å². The molecule has 18 heavy (non-hydrogen) atoms. The quantitative estimate of drug-likeness (QED) is 0.261. The van der Waals surface area contributed by atoms with Gasteiger partial charge in [-0.25, -0.2) is 4.98 Å². The molecule has 0 bridgehead atoms. The van der Waals surface area contributed by atoms with Crippen LogP contribution in [0.3, 0.4) is 0 Å². The molecule has 0 fully saturated rings. The van der Waals surface area contributed by atoms with Gasteiger partial charge in [-0.3, -0.25) is 10.1 Å². The largest absolute Gasteiger partial charge is 0.356 e. The van der Waals surface area contributed by atoms with Gasteiger partial charge in [0.05, 0.1) is 23.2 Å². The lowest BCUT2D eigenvalue weighted by atomic mass is 10.3. The average molecular weight is 268 g/mol. The van der Waals surface area contributed by atoms with Gasteiger partial charge in [0, 0.05) is 18.5 Å². The van der Waals surface area contributed by atoms with Gasteiger partial charge in [-0.2, -0.15) is 0 Å². The number of thiol groups is 1. The van der Waals surface area contributed by atoms with Crippen molar-refractivity contribution in [3.63, 3.8) is 0 Å². The Balaban J connectivity index is 2.20. The number of aromatic nitrogens is 2. The highest BCUT2D eigenvalue weighted by Gasteiger charge is 2.14. The summed E-state index contributed by atoms with van der Waals surface area (Å²) in [6, 6.07) is 3.10. The maximum absolute atomic E-state index is 10.9. The van der Waals surface area contributed by atoms with E-state index in [4.69, 9.17) is 4.74 Å². The molecule has 0 spiro atoms. The summed E-state index contributed by atoms with van der Waals surface area (Å²) >= 11 is 1.29. The van der Waals surface area contributed by atoms with Crippen LogP contribution in [0.15, 0.2) is 24.5 Å². The van der Waals surface area contributed by atoms with Crippen molar-refractivity contribution in [2.24, 2.45) is 0 Å². The molecule has 0 atom stereocenters. The molecule has 2 heterocycles. The number of fused-ring (bicyclic) bond motifs is 1. The predicted molar refractivity (Wildman–Crippen MR) is 71.9 cm³/mol. The molecule has 0 amide bonds. The third-order valence-electron chi connectivity index (χ3n) is 2.53. The molecular formula is C11H14N3O3S+. The molecule has 0 unspecified atom stereocenters. The van der Waals surface area contributed by atoms with E-state index in [0.717, 1.165) is 5.75 Å². The lowest BCUT2D eigenvalue weighted by molar-refractivity contribution is -0.383. The van der Waals surface area contributed by atoms with Crippen LogP contribution in [0.5, 0.6) is 0 Å². The molecular weight excluding hydrogens is 254 g/mol. The summed E-state index contributed by atoms with van der Waals surface area (Å²) in [4.78, 5) is 14.6. The Morgan fingerprint density at radius 1 is 1.56 bits per heavy atom. The van der Waals surface area contributed by atoms with Crippen molar-refractivity contribution in [2.45, 2.75) is 6.73 Å². The van der Waals surface area contributed by atoms with Gasteiger partial charge in [-0.1, -0.05) is 0 Å². The Kier molecular flexibility index (Phi) is 4.16. The van der Waals surface area contributed by atoms with Crippen molar-refractivity contribution in [3.05, 3.63) is 34.6 Å². The molecule has 0 saturated heterocycles. The van der Waals surface area contributed by atoms with E-state index >= 15 is 0 Å². The van der Waals surface area contributed by atoms with Crippen LogP contribution >= 0.6 is 0 Å². The van der Waals surface area contributed by atoms with Crippen LogP contribution < -0.4 is 0 Å². The third-order valence-corrected chi connectivity index (χ3v) is 3.16. The van der Waals surface area contributed by atoms with Crippen molar-refractivity contribution in [1.29, 1.82) is 0 Å². The molecule has 0 aliphatic heterocycles. The number of ether oxygens (including phenoxy) is 1.